The molecule has 0 spiro atoms. The predicted octanol–water partition coefficient (Wildman–Crippen LogP) is 0.329. The highest BCUT2D eigenvalue weighted by Gasteiger charge is 2.21. The average molecular weight is 349 g/mol. The maximum atomic E-state index is 11.6. The number of nitrogens with one attached hydrogen (secondary N) is 2. The summed E-state index contributed by atoms with van der Waals surface area (Å²) in [6.07, 6.45) is 0.884. The van der Waals surface area contributed by atoms with Gasteiger partial charge in [-0.05, 0) is 12.0 Å². The summed E-state index contributed by atoms with van der Waals surface area (Å²) in [6.45, 7) is 4.48. The lowest BCUT2D eigenvalue weighted by atomic mass is 10.1. The standard InChI is InChI=1S/C18H27N3O4/c1-24-12-9-20-18(23)17(22)19-8-5-10-21-11-13-25-16(14-21)15-6-3-2-4-7-15/h2-4,6-7,16H,5,8-14H2,1H3,(H,19,22)(H,20,23). The molecule has 1 aliphatic heterocycles. The molecule has 1 fully saturated rings. The van der Waals surface area contributed by atoms with Gasteiger partial charge in [0.15, 0.2) is 0 Å². The molecular formula is C18H27N3O4. The minimum atomic E-state index is -0.618. The number of carbonyl (C=O) groups is 2. The minimum absolute atomic E-state index is 0.0936. The fraction of sp³-hybridized carbons (Fsp3) is 0.556. The number of nitrogens with zero attached hydrogens (tertiary/aromatic N) is 1. The first kappa shape index (κ1) is 19.4. The molecule has 2 rings (SSSR count). The van der Waals surface area contributed by atoms with E-state index in [-0.39, 0.29) is 6.10 Å². The van der Waals surface area contributed by atoms with Gasteiger partial charge in [-0.15, -0.1) is 0 Å². The Morgan fingerprint density at radius 1 is 1.20 bits per heavy atom. The fourth-order valence-electron chi connectivity index (χ4n) is 2.71. The molecule has 0 bridgehead atoms. The van der Waals surface area contributed by atoms with Gasteiger partial charge in [-0.25, -0.2) is 0 Å². The molecule has 0 aromatic heterocycles. The first-order valence-corrected chi connectivity index (χ1v) is 8.64. The van der Waals surface area contributed by atoms with Crippen molar-refractivity contribution in [3.05, 3.63) is 35.9 Å². The van der Waals surface area contributed by atoms with Gasteiger partial charge in [0, 0.05) is 39.8 Å². The molecule has 1 atom stereocenters. The van der Waals surface area contributed by atoms with E-state index in [1.165, 1.54) is 5.56 Å². The zero-order valence-electron chi connectivity index (χ0n) is 14.7. The molecule has 0 radical (unpaired) electrons. The van der Waals surface area contributed by atoms with E-state index in [0.717, 1.165) is 26.1 Å². The number of benzene rings is 1. The van der Waals surface area contributed by atoms with Gasteiger partial charge < -0.3 is 20.1 Å². The molecule has 1 aromatic rings. The number of carbonyl (C=O) groups excluding carboxylic acids is 2. The van der Waals surface area contributed by atoms with Crippen molar-refractivity contribution in [2.24, 2.45) is 0 Å². The Labute approximate surface area is 148 Å². The van der Waals surface area contributed by atoms with Gasteiger partial charge in [0.25, 0.3) is 0 Å². The Balaban J connectivity index is 1.63. The van der Waals surface area contributed by atoms with E-state index < -0.39 is 11.8 Å². The maximum absolute atomic E-state index is 11.6. The molecule has 138 valence electrons. The lowest BCUT2D eigenvalue weighted by Crippen LogP contribution is -2.43. The van der Waals surface area contributed by atoms with Crippen molar-refractivity contribution in [1.29, 1.82) is 0 Å². The van der Waals surface area contributed by atoms with Crippen LogP contribution in [0.1, 0.15) is 18.1 Å². The van der Waals surface area contributed by atoms with E-state index in [0.29, 0.717) is 26.3 Å². The van der Waals surface area contributed by atoms with Crippen LogP contribution in [0, 0.1) is 0 Å². The first-order chi connectivity index (χ1) is 12.2. The lowest BCUT2D eigenvalue weighted by Gasteiger charge is -2.33. The summed E-state index contributed by atoms with van der Waals surface area (Å²) in [7, 11) is 1.54. The van der Waals surface area contributed by atoms with Crippen LogP contribution in [0.3, 0.4) is 0 Å². The van der Waals surface area contributed by atoms with Gasteiger partial charge in [0.1, 0.15) is 0 Å². The van der Waals surface area contributed by atoms with Gasteiger partial charge >= 0.3 is 11.8 Å². The summed E-state index contributed by atoms with van der Waals surface area (Å²) in [5, 5.41) is 5.14. The summed E-state index contributed by atoms with van der Waals surface area (Å²) in [4.78, 5) is 25.5. The summed E-state index contributed by atoms with van der Waals surface area (Å²) in [6, 6.07) is 10.2. The molecular weight excluding hydrogens is 322 g/mol. The van der Waals surface area contributed by atoms with E-state index in [4.69, 9.17) is 9.47 Å². The molecule has 0 saturated carbocycles. The van der Waals surface area contributed by atoms with E-state index in [1.807, 2.05) is 18.2 Å². The van der Waals surface area contributed by atoms with Crippen LogP contribution in [0.25, 0.3) is 0 Å². The minimum Gasteiger partial charge on any atom is -0.383 e. The van der Waals surface area contributed by atoms with Crippen LogP contribution >= 0.6 is 0 Å². The first-order valence-electron chi connectivity index (χ1n) is 8.64. The number of hydrogen-bond acceptors (Lipinski definition) is 5. The number of ether oxygens (including phenoxy) is 2. The third kappa shape index (κ3) is 6.81. The van der Waals surface area contributed by atoms with E-state index in [9.17, 15) is 9.59 Å². The highest BCUT2D eigenvalue weighted by Crippen LogP contribution is 2.21. The molecule has 0 aliphatic carbocycles. The van der Waals surface area contributed by atoms with E-state index in [2.05, 4.69) is 27.7 Å². The Kier molecular flexibility index (Phi) is 8.38. The van der Waals surface area contributed by atoms with Gasteiger partial charge in [0.2, 0.25) is 0 Å². The Morgan fingerprint density at radius 3 is 2.64 bits per heavy atom. The van der Waals surface area contributed by atoms with Gasteiger partial charge in [0.05, 0.1) is 19.3 Å². The summed E-state index contributed by atoms with van der Waals surface area (Å²) < 4.78 is 10.7. The number of rotatable bonds is 8. The molecule has 2 N–H and O–H groups in total. The smallest absolute Gasteiger partial charge is 0.309 e. The molecule has 25 heavy (non-hydrogen) atoms. The van der Waals surface area contributed by atoms with Crippen molar-refractivity contribution in [3.8, 4) is 0 Å². The topological polar surface area (TPSA) is 79.9 Å². The number of hydrogen-bond donors (Lipinski definition) is 2. The normalized spacial score (nSPS) is 17.9. The van der Waals surface area contributed by atoms with Gasteiger partial charge in [-0.2, -0.15) is 0 Å². The van der Waals surface area contributed by atoms with Crippen molar-refractivity contribution in [2.75, 3.05) is 53.0 Å². The van der Waals surface area contributed by atoms with Crippen molar-refractivity contribution in [3.63, 3.8) is 0 Å². The van der Waals surface area contributed by atoms with Crippen molar-refractivity contribution >= 4 is 11.8 Å². The quantitative estimate of drug-likeness (QED) is 0.522. The summed E-state index contributed by atoms with van der Waals surface area (Å²) in [5.74, 6) is -1.21. The van der Waals surface area contributed by atoms with Gasteiger partial charge in [-0.3, -0.25) is 14.5 Å². The predicted molar refractivity (Wildman–Crippen MR) is 94.1 cm³/mol. The van der Waals surface area contributed by atoms with Crippen LogP contribution in [0.4, 0.5) is 0 Å². The second-order valence-electron chi connectivity index (χ2n) is 5.93. The van der Waals surface area contributed by atoms with Crippen molar-refractivity contribution < 1.29 is 19.1 Å². The third-order valence-corrected chi connectivity index (χ3v) is 4.06. The number of amides is 2. The SMILES string of the molecule is COCCNC(=O)C(=O)NCCCN1CCOC(c2ccccc2)C1. The molecule has 7 heteroatoms. The largest absolute Gasteiger partial charge is 0.383 e. The fourth-order valence-corrected chi connectivity index (χ4v) is 2.71. The van der Waals surface area contributed by atoms with Crippen molar-refractivity contribution in [2.45, 2.75) is 12.5 Å². The van der Waals surface area contributed by atoms with Gasteiger partial charge in [-0.1, -0.05) is 30.3 Å². The molecule has 1 aromatic carbocycles. The number of morpholine rings is 1. The number of methoxy groups -OCH3 is 1. The van der Waals surface area contributed by atoms with Crippen LogP contribution in [0.2, 0.25) is 0 Å². The molecule has 2 amide bonds. The van der Waals surface area contributed by atoms with Crippen molar-refractivity contribution in [1.82, 2.24) is 15.5 Å². The Bertz CT molecular complexity index is 538. The monoisotopic (exact) mass is 349 g/mol. The molecule has 1 heterocycles. The highest BCUT2D eigenvalue weighted by atomic mass is 16.5. The summed E-state index contributed by atoms with van der Waals surface area (Å²) in [5.41, 5.74) is 1.19. The lowest BCUT2D eigenvalue weighted by molar-refractivity contribution is -0.139. The zero-order valence-corrected chi connectivity index (χ0v) is 14.7. The molecule has 1 unspecified atom stereocenters. The van der Waals surface area contributed by atoms with Crippen LogP contribution < -0.4 is 10.6 Å². The van der Waals surface area contributed by atoms with Crippen LogP contribution in [-0.2, 0) is 19.1 Å². The Morgan fingerprint density at radius 2 is 1.92 bits per heavy atom. The van der Waals surface area contributed by atoms with E-state index >= 15 is 0 Å². The molecule has 1 saturated heterocycles. The second kappa shape index (κ2) is 10.8. The zero-order chi connectivity index (χ0) is 17.9. The maximum Gasteiger partial charge on any atom is 0.309 e. The van der Waals surface area contributed by atoms with Crippen LogP contribution in [0.5, 0.6) is 0 Å². The Hall–Kier alpha value is -1.96. The molecule has 1 aliphatic rings. The highest BCUT2D eigenvalue weighted by molar-refractivity contribution is 6.35. The van der Waals surface area contributed by atoms with Crippen LogP contribution in [0.15, 0.2) is 30.3 Å². The van der Waals surface area contributed by atoms with E-state index in [1.54, 1.807) is 7.11 Å². The molecule has 7 nitrogen and oxygen atoms in total. The third-order valence-electron chi connectivity index (χ3n) is 4.06. The average Bonchev–Trinajstić information content (AvgIpc) is 2.66. The summed E-state index contributed by atoms with van der Waals surface area (Å²) >= 11 is 0. The second-order valence-corrected chi connectivity index (χ2v) is 5.93. The van der Waals surface area contributed by atoms with Crippen LogP contribution in [-0.4, -0.2) is 69.8 Å².